The number of aryl methyl sites for hydroxylation is 1. The summed E-state index contributed by atoms with van der Waals surface area (Å²) in [6.07, 6.45) is 2.82. The van der Waals surface area contributed by atoms with Crippen molar-refractivity contribution >= 4 is 32.9 Å². The molecule has 1 aromatic rings. The number of hydrogen-bond acceptors (Lipinski definition) is 4. The molecular weight excluding hydrogens is 344 g/mol. The number of nitrogens with zero attached hydrogens (tertiary/aromatic N) is 1. The molecule has 1 aromatic carbocycles. The Bertz CT molecular complexity index is 682. The first kappa shape index (κ1) is 17.6. The molecular formula is C17H24N2O3S2. The van der Waals surface area contributed by atoms with Crippen LogP contribution in [0.3, 0.4) is 0 Å². The van der Waals surface area contributed by atoms with E-state index in [1.807, 2.05) is 36.1 Å². The van der Waals surface area contributed by atoms with Crippen LogP contribution in [0.2, 0.25) is 0 Å². The van der Waals surface area contributed by atoms with Crippen molar-refractivity contribution in [3.63, 3.8) is 0 Å². The van der Waals surface area contributed by atoms with Gasteiger partial charge in [0.05, 0.1) is 17.6 Å². The standard InChI is InChI=1S/C17H24N2O3S2/c1-13-4-6-14(7-5-13)18-17(23)19(11-16-3-2-9-22-16)15-8-10-24(20,21)12-15/h4-7,15-16H,2-3,8-12H2,1H3,(H,18,23)/t15-,16-/m1/s1. The molecule has 0 bridgehead atoms. The third-order valence-electron chi connectivity index (χ3n) is 4.64. The number of benzene rings is 1. The highest BCUT2D eigenvalue weighted by Crippen LogP contribution is 2.22. The summed E-state index contributed by atoms with van der Waals surface area (Å²) >= 11 is 5.60. The number of hydrogen-bond donors (Lipinski definition) is 1. The van der Waals surface area contributed by atoms with Crippen LogP contribution < -0.4 is 5.32 Å². The number of rotatable bonds is 4. The number of nitrogens with one attached hydrogen (secondary N) is 1. The van der Waals surface area contributed by atoms with E-state index in [0.29, 0.717) is 18.1 Å². The van der Waals surface area contributed by atoms with Gasteiger partial charge in [-0.15, -0.1) is 0 Å². The second kappa shape index (κ2) is 7.37. The van der Waals surface area contributed by atoms with Gasteiger partial charge < -0.3 is 15.0 Å². The molecule has 5 nitrogen and oxygen atoms in total. The lowest BCUT2D eigenvalue weighted by molar-refractivity contribution is 0.0851. The summed E-state index contributed by atoms with van der Waals surface area (Å²) in [5.74, 6) is 0.419. The Kier molecular flexibility index (Phi) is 5.42. The molecule has 24 heavy (non-hydrogen) atoms. The molecule has 0 saturated carbocycles. The summed E-state index contributed by atoms with van der Waals surface area (Å²) in [6, 6.07) is 7.95. The van der Waals surface area contributed by atoms with Gasteiger partial charge >= 0.3 is 0 Å². The van der Waals surface area contributed by atoms with E-state index in [0.717, 1.165) is 25.1 Å². The minimum Gasteiger partial charge on any atom is -0.376 e. The van der Waals surface area contributed by atoms with Crippen molar-refractivity contribution in [1.82, 2.24) is 4.90 Å². The Hall–Kier alpha value is -1.18. The lowest BCUT2D eigenvalue weighted by Crippen LogP contribution is -2.47. The second-order valence-corrected chi connectivity index (χ2v) is 9.26. The molecule has 7 heteroatoms. The first-order valence-electron chi connectivity index (χ1n) is 8.39. The van der Waals surface area contributed by atoms with Gasteiger partial charge in [-0.3, -0.25) is 0 Å². The monoisotopic (exact) mass is 368 g/mol. The van der Waals surface area contributed by atoms with Gasteiger partial charge in [0.15, 0.2) is 14.9 Å². The molecule has 2 atom stereocenters. The minimum absolute atomic E-state index is 0.0651. The van der Waals surface area contributed by atoms with Gasteiger partial charge in [0, 0.05) is 24.9 Å². The van der Waals surface area contributed by atoms with Gasteiger partial charge in [0.1, 0.15) is 0 Å². The van der Waals surface area contributed by atoms with Gasteiger partial charge in [0.25, 0.3) is 0 Å². The van der Waals surface area contributed by atoms with E-state index in [2.05, 4.69) is 5.32 Å². The molecule has 1 N–H and O–H groups in total. The van der Waals surface area contributed by atoms with Crippen LogP contribution in [0, 0.1) is 6.92 Å². The SMILES string of the molecule is Cc1ccc(NC(=S)N(C[C@H]2CCCO2)[C@@H]2CCS(=O)(=O)C2)cc1. The molecule has 2 heterocycles. The van der Waals surface area contributed by atoms with E-state index < -0.39 is 9.84 Å². The van der Waals surface area contributed by atoms with Crippen LogP contribution in [0.5, 0.6) is 0 Å². The van der Waals surface area contributed by atoms with Crippen molar-refractivity contribution in [3.8, 4) is 0 Å². The Morgan fingerprint density at radius 1 is 1.33 bits per heavy atom. The quantitative estimate of drug-likeness (QED) is 0.824. The summed E-state index contributed by atoms with van der Waals surface area (Å²) in [5.41, 5.74) is 2.10. The second-order valence-electron chi connectivity index (χ2n) is 6.64. The first-order valence-corrected chi connectivity index (χ1v) is 10.6. The number of ether oxygens (including phenoxy) is 1. The van der Waals surface area contributed by atoms with E-state index in [-0.39, 0.29) is 23.7 Å². The van der Waals surface area contributed by atoms with Gasteiger partial charge in [-0.2, -0.15) is 0 Å². The van der Waals surface area contributed by atoms with E-state index >= 15 is 0 Å². The normalized spacial score (nSPS) is 25.5. The lowest BCUT2D eigenvalue weighted by atomic mass is 10.2. The molecule has 0 amide bonds. The third kappa shape index (κ3) is 4.46. The van der Waals surface area contributed by atoms with Crippen LogP contribution in [0.15, 0.2) is 24.3 Å². The summed E-state index contributed by atoms with van der Waals surface area (Å²) in [6.45, 7) is 3.47. The van der Waals surface area contributed by atoms with E-state index in [4.69, 9.17) is 17.0 Å². The van der Waals surface area contributed by atoms with Crippen molar-refractivity contribution in [3.05, 3.63) is 29.8 Å². The highest BCUT2D eigenvalue weighted by atomic mass is 32.2. The largest absolute Gasteiger partial charge is 0.376 e. The summed E-state index contributed by atoms with van der Waals surface area (Å²) in [5, 5.41) is 3.83. The zero-order chi connectivity index (χ0) is 17.2. The molecule has 0 radical (unpaired) electrons. The predicted octanol–water partition coefficient (Wildman–Crippen LogP) is 2.36. The fourth-order valence-corrected chi connectivity index (χ4v) is 5.33. The Balaban J connectivity index is 1.72. The maximum atomic E-state index is 11.9. The van der Waals surface area contributed by atoms with E-state index in [1.165, 1.54) is 5.56 Å². The van der Waals surface area contributed by atoms with Gasteiger partial charge in [-0.25, -0.2) is 8.42 Å². The van der Waals surface area contributed by atoms with Crippen LogP contribution in [0.1, 0.15) is 24.8 Å². The van der Waals surface area contributed by atoms with Crippen LogP contribution in [-0.2, 0) is 14.6 Å². The molecule has 2 aliphatic rings. The Labute approximate surface area is 149 Å². The lowest BCUT2D eigenvalue weighted by Gasteiger charge is -2.33. The number of sulfone groups is 1. The van der Waals surface area contributed by atoms with Crippen molar-refractivity contribution < 1.29 is 13.2 Å². The van der Waals surface area contributed by atoms with Crippen molar-refractivity contribution in [2.75, 3.05) is 30.0 Å². The van der Waals surface area contributed by atoms with Crippen LogP contribution >= 0.6 is 12.2 Å². The smallest absolute Gasteiger partial charge is 0.173 e. The Morgan fingerprint density at radius 3 is 2.67 bits per heavy atom. The molecule has 0 aliphatic carbocycles. The first-order chi connectivity index (χ1) is 11.4. The maximum absolute atomic E-state index is 11.9. The summed E-state index contributed by atoms with van der Waals surface area (Å²) in [4.78, 5) is 2.02. The van der Waals surface area contributed by atoms with E-state index in [9.17, 15) is 8.42 Å². The molecule has 0 unspecified atom stereocenters. The average Bonchev–Trinajstić information content (AvgIpc) is 3.16. The van der Waals surface area contributed by atoms with E-state index in [1.54, 1.807) is 0 Å². The van der Waals surface area contributed by atoms with Gasteiger partial charge in [-0.05, 0) is 50.5 Å². The zero-order valence-corrected chi connectivity index (χ0v) is 15.5. The molecule has 3 rings (SSSR count). The van der Waals surface area contributed by atoms with Crippen LogP contribution in [0.25, 0.3) is 0 Å². The topological polar surface area (TPSA) is 58.6 Å². The fourth-order valence-electron chi connectivity index (χ4n) is 3.26. The van der Waals surface area contributed by atoms with Crippen molar-refractivity contribution in [2.45, 2.75) is 38.3 Å². The van der Waals surface area contributed by atoms with Gasteiger partial charge in [0.2, 0.25) is 0 Å². The number of thiocarbonyl (C=S) groups is 1. The van der Waals surface area contributed by atoms with Crippen LogP contribution in [0.4, 0.5) is 5.69 Å². The highest BCUT2D eigenvalue weighted by Gasteiger charge is 2.35. The molecule has 2 saturated heterocycles. The average molecular weight is 369 g/mol. The molecule has 2 fully saturated rings. The predicted molar refractivity (Wildman–Crippen MR) is 100 cm³/mol. The minimum atomic E-state index is -2.96. The summed E-state index contributed by atoms with van der Waals surface area (Å²) in [7, 11) is -2.96. The zero-order valence-electron chi connectivity index (χ0n) is 13.9. The molecule has 132 valence electrons. The third-order valence-corrected chi connectivity index (χ3v) is 6.72. The van der Waals surface area contributed by atoms with Crippen molar-refractivity contribution in [1.29, 1.82) is 0 Å². The maximum Gasteiger partial charge on any atom is 0.173 e. The fraction of sp³-hybridized carbons (Fsp3) is 0.588. The molecule has 2 aliphatic heterocycles. The van der Waals surface area contributed by atoms with Crippen molar-refractivity contribution in [2.24, 2.45) is 0 Å². The summed E-state index contributed by atoms with van der Waals surface area (Å²) < 4.78 is 29.5. The highest BCUT2D eigenvalue weighted by molar-refractivity contribution is 7.91. The molecule has 0 aromatic heterocycles. The molecule has 0 spiro atoms. The van der Waals surface area contributed by atoms with Gasteiger partial charge in [-0.1, -0.05) is 17.7 Å². The van der Waals surface area contributed by atoms with Crippen LogP contribution in [-0.4, -0.2) is 55.2 Å². The number of anilines is 1. The Morgan fingerprint density at radius 2 is 2.08 bits per heavy atom.